The monoisotopic (exact) mass is 588 g/mol. The number of esters is 1. The van der Waals surface area contributed by atoms with Crippen LogP contribution in [0.5, 0.6) is 0 Å². The van der Waals surface area contributed by atoms with Crippen molar-refractivity contribution >= 4 is 30.1 Å². The molecule has 0 unspecified atom stereocenters. The number of rotatable bonds is 16. The van der Waals surface area contributed by atoms with E-state index in [0.29, 0.717) is 6.42 Å². The molecule has 1 amide bonds. The Morgan fingerprint density at radius 1 is 0.805 bits per heavy atom. The molecule has 41 heavy (non-hydrogen) atoms. The van der Waals surface area contributed by atoms with E-state index in [1.807, 2.05) is 66.7 Å². The van der Waals surface area contributed by atoms with Gasteiger partial charge in [0.25, 0.3) is 0 Å². The Labute approximate surface area is 244 Å². The van der Waals surface area contributed by atoms with Gasteiger partial charge in [-0.3, -0.25) is 14.4 Å². The highest BCUT2D eigenvalue weighted by Crippen LogP contribution is 2.18. The van der Waals surface area contributed by atoms with Crippen LogP contribution in [-0.4, -0.2) is 43.0 Å². The van der Waals surface area contributed by atoms with Gasteiger partial charge in [-0.1, -0.05) is 91.0 Å². The molecule has 220 valence electrons. The highest BCUT2D eigenvalue weighted by Gasteiger charge is 2.30. The third-order valence-electron chi connectivity index (χ3n) is 6.35. The Hall–Kier alpha value is -3.66. The number of carbonyl (C=O) groups excluding carboxylic acids is 3. The van der Waals surface area contributed by atoms with Crippen molar-refractivity contribution in [1.29, 1.82) is 0 Å². The maximum absolute atomic E-state index is 13.3. The minimum Gasteiger partial charge on any atom is -0.461 e. The Bertz CT molecular complexity index is 1200. The number of nitrogens with two attached hydrogens (primary N) is 1. The highest BCUT2D eigenvalue weighted by molar-refractivity contribution is 5.93. The topological polar surface area (TPSA) is 108 Å². The van der Waals surface area contributed by atoms with Crippen LogP contribution in [0.3, 0.4) is 0 Å². The van der Waals surface area contributed by atoms with Crippen LogP contribution in [0, 0.1) is 5.92 Å². The molecular weight excluding hydrogens is 554 g/mol. The maximum Gasteiger partial charge on any atom is 0.345 e. The van der Waals surface area contributed by atoms with Crippen LogP contribution in [0.4, 0.5) is 8.78 Å². The van der Waals surface area contributed by atoms with E-state index in [1.54, 1.807) is 24.3 Å². The largest absolute Gasteiger partial charge is 0.461 e. The number of hydrogen-bond donors (Lipinski definition) is 2. The molecule has 0 aromatic heterocycles. The van der Waals surface area contributed by atoms with Gasteiger partial charge in [0.1, 0.15) is 12.6 Å². The zero-order valence-corrected chi connectivity index (χ0v) is 23.3. The number of Topliss-reactive ketones (excluding diaryl/α,β-unsaturated/α-hetero) is 1. The number of aryl methyl sites for hydroxylation is 1. The lowest BCUT2D eigenvalue weighted by molar-refractivity contribution is -0.154. The molecule has 0 fully saturated rings. The summed E-state index contributed by atoms with van der Waals surface area (Å²) in [4.78, 5) is 39.1. The molecule has 7 nitrogen and oxygen atoms in total. The summed E-state index contributed by atoms with van der Waals surface area (Å²) < 4.78 is 35.6. The van der Waals surface area contributed by atoms with E-state index >= 15 is 0 Å². The van der Waals surface area contributed by atoms with Crippen molar-refractivity contribution in [2.24, 2.45) is 11.7 Å². The van der Waals surface area contributed by atoms with Gasteiger partial charge in [0.05, 0.1) is 18.6 Å². The lowest BCUT2D eigenvalue weighted by Gasteiger charge is -2.22. The van der Waals surface area contributed by atoms with Gasteiger partial charge in [-0.05, 0) is 36.0 Å². The molecule has 3 aromatic carbocycles. The van der Waals surface area contributed by atoms with E-state index in [4.69, 9.17) is 10.5 Å². The van der Waals surface area contributed by atoms with Gasteiger partial charge in [0, 0.05) is 6.42 Å². The fourth-order valence-corrected chi connectivity index (χ4v) is 4.13. The quantitative estimate of drug-likeness (QED) is 0.236. The molecule has 0 aliphatic rings. The molecule has 0 bridgehead atoms. The number of ketones is 1. The number of ether oxygens (including phenoxy) is 2. The van der Waals surface area contributed by atoms with Crippen LogP contribution in [0.15, 0.2) is 91.0 Å². The predicted molar refractivity (Wildman–Crippen MR) is 153 cm³/mol. The average Bonchev–Trinajstić information content (AvgIpc) is 2.97. The third-order valence-corrected chi connectivity index (χ3v) is 6.35. The highest BCUT2D eigenvalue weighted by atomic mass is 35.5. The van der Waals surface area contributed by atoms with Crippen molar-refractivity contribution in [2.75, 3.05) is 6.61 Å². The van der Waals surface area contributed by atoms with Crippen LogP contribution < -0.4 is 11.1 Å². The van der Waals surface area contributed by atoms with Gasteiger partial charge in [0.2, 0.25) is 5.91 Å². The molecule has 10 heteroatoms. The van der Waals surface area contributed by atoms with Gasteiger partial charge in [-0.15, -0.1) is 12.4 Å². The molecule has 3 N–H and O–H groups in total. The van der Waals surface area contributed by atoms with E-state index in [1.165, 1.54) is 0 Å². The van der Waals surface area contributed by atoms with E-state index < -0.39 is 48.9 Å². The summed E-state index contributed by atoms with van der Waals surface area (Å²) in [5.74, 6) is -2.82. The van der Waals surface area contributed by atoms with Crippen molar-refractivity contribution in [1.82, 2.24) is 5.32 Å². The molecule has 0 radical (unpaired) electrons. The van der Waals surface area contributed by atoms with Crippen LogP contribution >= 0.6 is 12.4 Å². The third kappa shape index (κ3) is 12.2. The lowest BCUT2D eigenvalue weighted by Crippen LogP contribution is -2.51. The van der Waals surface area contributed by atoms with Crippen LogP contribution in [-0.2, 0) is 43.3 Å². The van der Waals surface area contributed by atoms with E-state index in [9.17, 15) is 23.2 Å². The minimum atomic E-state index is -3.14. The first-order chi connectivity index (χ1) is 19.3. The van der Waals surface area contributed by atoms with Gasteiger partial charge >= 0.3 is 12.6 Å². The van der Waals surface area contributed by atoms with E-state index in [0.717, 1.165) is 16.7 Å². The maximum atomic E-state index is 13.3. The molecular formula is C31H35ClF2N2O5. The molecule has 0 saturated carbocycles. The summed E-state index contributed by atoms with van der Waals surface area (Å²) in [6, 6.07) is 25.2. The number of nitrogens with one attached hydrogen (secondary N) is 1. The fraction of sp³-hybridized carbons (Fsp3) is 0.323. The molecule has 3 atom stereocenters. The summed E-state index contributed by atoms with van der Waals surface area (Å²) in [6.07, 6.45) is 0.648. The first-order valence-corrected chi connectivity index (χ1v) is 13.1. The number of hydrogen-bond acceptors (Lipinski definition) is 6. The predicted octanol–water partition coefficient (Wildman–Crippen LogP) is 4.65. The standard InChI is InChI=1S/C31H34F2N2O5.ClH/c32-31(33)40-21-27(35-29(37)26(34)17-16-22-10-4-1-5-11-22)28(36)19-25(18-23-12-6-2-7-13-23)30(38)39-20-24-14-8-3-9-15-24;/h1-15,25-27,31H,16-21,34H2,(H,35,37);1H/t25-,26+,27+;/m1./s1. The van der Waals surface area contributed by atoms with E-state index in [2.05, 4.69) is 10.1 Å². The van der Waals surface area contributed by atoms with Crippen molar-refractivity contribution in [3.8, 4) is 0 Å². The summed E-state index contributed by atoms with van der Waals surface area (Å²) in [6.45, 7) is -3.88. The number of carbonyl (C=O) groups is 3. The Morgan fingerprint density at radius 2 is 1.34 bits per heavy atom. The average molecular weight is 589 g/mol. The van der Waals surface area contributed by atoms with Crippen molar-refractivity contribution in [3.05, 3.63) is 108 Å². The van der Waals surface area contributed by atoms with E-state index in [-0.39, 0.29) is 38.3 Å². The van der Waals surface area contributed by atoms with Crippen molar-refractivity contribution < 1.29 is 32.6 Å². The Morgan fingerprint density at radius 3 is 1.90 bits per heavy atom. The first kappa shape index (κ1) is 33.5. The molecule has 0 spiro atoms. The number of benzene rings is 3. The molecule has 0 saturated heterocycles. The van der Waals surface area contributed by atoms with Crippen molar-refractivity contribution in [2.45, 2.75) is 51.0 Å². The van der Waals surface area contributed by atoms with Crippen LogP contribution in [0.2, 0.25) is 0 Å². The van der Waals surface area contributed by atoms with Gasteiger partial charge in [-0.2, -0.15) is 8.78 Å². The second-order valence-corrected chi connectivity index (χ2v) is 9.44. The zero-order valence-electron chi connectivity index (χ0n) is 22.5. The van der Waals surface area contributed by atoms with Gasteiger partial charge in [0.15, 0.2) is 5.78 Å². The summed E-state index contributed by atoms with van der Waals surface area (Å²) in [5, 5.41) is 2.45. The van der Waals surface area contributed by atoms with Crippen molar-refractivity contribution in [3.63, 3.8) is 0 Å². The molecule has 0 aliphatic carbocycles. The van der Waals surface area contributed by atoms with Crippen LogP contribution in [0.1, 0.15) is 29.5 Å². The summed E-state index contributed by atoms with van der Waals surface area (Å²) in [5.41, 5.74) is 8.59. The second-order valence-electron chi connectivity index (χ2n) is 9.44. The van der Waals surface area contributed by atoms with Gasteiger partial charge < -0.3 is 20.5 Å². The molecule has 3 aromatic rings. The number of amides is 1. The normalized spacial score (nSPS) is 13.0. The molecule has 0 aliphatic heterocycles. The smallest absolute Gasteiger partial charge is 0.345 e. The summed E-state index contributed by atoms with van der Waals surface area (Å²) >= 11 is 0. The Balaban J connectivity index is 0.00000588. The SMILES string of the molecule is Cl.N[C@@H](CCc1ccccc1)C(=O)N[C@@H](COC(F)F)C(=O)C[C@@H](Cc1ccccc1)C(=O)OCc1ccccc1. The fourth-order valence-electron chi connectivity index (χ4n) is 4.13. The number of alkyl halides is 2. The minimum absolute atomic E-state index is 0. The molecule has 0 heterocycles. The van der Waals surface area contributed by atoms with Gasteiger partial charge in [-0.25, -0.2) is 0 Å². The van der Waals surface area contributed by atoms with Crippen LogP contribution in [0.25, 0.3) is 0 Å². The lowest BCUT2D eigenvalue weighted by atomic mass is 9.92. The number of halogens is 3. The molecule has 3 rings (SSSR count). The first-order valence-electron chi connectivity index (χ1n) is 13.1. The summed E-state index contributed by atoms with van der Waals surface area (Å²) in [7, 11) is 0. The zero-order chi connectivity index (χ0) is 28.7. The Kier molecular flexibility index (Phi) is 14.7. The second kappa shape index (κ2) is 17.9.